The molecular formula is C17H19N5O2S. The van der Waals surface area contributed by atoms with Crippen LogP contribution in [-0.4, -0.2) is 37.3 Å². The van der Waals surface area contributed by atoms with Crippen LogP contribution in [0.15, 0.2) is 24.4 Å². The van der Waals surface area contributed by atoms with Crippen LogP contribution >= 0.6 is 11.3 Å². The molecule has 25 heavy (non-hydrogen) atoms. The van der Waals surface area contributed by atoms with Gasteiger partial charge in [0.2, 0.25) is 0 Å². The number of ether oxygens (including phenoxy) is 1. The summed E-state index contributed by atoms with van der Waals surface area (Å²) < 4.78 is 5.34. The predicted octanol–water partition coefficient (Wildman–Crippen LogP) is 2.48. The summed E-state index contributed by atoms with van der Waals surface area (Å²) >= 11 is 1.57. The van der Waals surface area contributed by atoms with Crippen LogP contribution in [0.2, 0.25) is 0 Å². The van der Waals surface area contributed by atoms with Gasteiger partial charge in [-0.05, 0) is 30.7 Å². The molecule has 3 rings (SSSR count). The van der Waals surface area contributed by atoms with Crippen molar-refractivity contribution >= 4 is 28.2 Å². The molecule has 1 fully saturated rings. The second kappa shape index (κ2) is 7.96. The zero-order valence-corrected chi connectivity index (χ0v) is 14.7. The fourth-order valence-electron chi connectivity index (χ4n) is 2.54. The third-order valence-corrected chi connectivity index (χ3v) is 4.77. The van der Waals surface area contributed by atoms with E-state index >= 15 is 0 Å². The molecule has 0 atom stereocenters. The van der Waals surface area contributed by atoms with Crippen molar-refractivity contribution in [1.29, 1.82) is 5.26 Å². The Hall–Kier alpha value is -2.63. The zero-order chi connectivity index (χ0) is 17.6. The van der Waals surface area contributed by atoms with Crippen molar-refractivity contribution in [1.82, 2.24) is 10.3 Å². The van der Waals surface area contributed by atoms with E-state index in [0.717, 1.165) is 41.9 Å². The molecule has 2 N–H and O–H groups in total. The molecular weight excluding hydrogens is 338 g/mol. The molecule has 130 valence electrons. The number of thiazole rings is 1. The maximum absolute atomic E-state index is 12.1. The lowest BCUT2D eigenvalue weighted by Crippen LogP contribution is -2.36. The van der Waals surface area contributed by atoms with Gasteiger partial charge >= 0.3 is 6.03 Å². The first-order valence-corrected chi connectivity index (χ1v) is 8.80. The number of benzene rings is 1. The Morgan fingerprint density at radius 3 is 2.96 bits per heavy atom. The summed E-state index contributed by atoms with van der Waals surface area (Å²) in [6.07, 6.45) is 1.79. The van der Waals surface area contributed by atoms with E-state index in [1.807, 2.05) is 13.0 Å². The van der Waals surface area contributed by atoms with Crippen LogP contribution in [0.4, 0.5) is 15.6 Å². The molecule has 0 aliphatic carbocycles. The number of aromatic nitrogens is 1. The highest BCUT2D eigenvalue weighted by atomic mass is 32.1. The van der Waals surface area contributed by atoms with E-state index in [1.165, 1.54) is 0 Å². The maximum atomic E-state index is 12.1. The number of amides is 2. The van der Waals surface area contributed by atoms with E-state index in [1.54, 1.807) is 29.7 Å². The largest absolute Gasteiger partial charge is 0.378 e. The zero-order valence-electron chi connectivity index (χ0n) is 13.9. The summed E-state index contributed by atoms with van der Waals surface area (Å²) in [5.41, 5.74) is 2.05. The Morgan fingerprint density at radius 2 is 2.20 bits per heavy atom. The minimum Gasteiger partial charge on any atom is -0.378 e. The van der Waals surface area contributed by atoms with Crippen LogP contribution in [-0.2, 0) is 11.3 Å². The number of hydrogen-bond donors (Lipinski definition) is 2. The van der Waals surface area contributed by atoms with Crippen molar-refractivity contribution in [3.63, 3.8) is 0 Å². The highest BCUT2D eigenvalue weighted by Crippen LogP contribution is 2.23. The monoisotopic (exact) mass is 357 g/mol. The van der Waals surface area contributed by atoms with Crippen molar-refractivity contribution < 1.29 is 9.53 Å². The number of hydrogen-bond acceptors (Lipinski definition) is 6. The van der Waals surface area contributed by atoms with Gasteiger partial charge in [-0.3, -0.25) is 0 Å². The molecule has 1 aliphatic heterocycles. The number of rotatable bonds is 4. The standard InChI is InChI=1S/C17H19N5O2S/c1-12-6-13(9-18)8-14(7-12)21-16(23)19-10-15-11-20-17(25-15)22-2-4-24-5-3-22/h6-8,11H,2-5,10H2,1H3,(H2,19,21,23). The highest BCUT2D eigenvalue weighted by Gasteiger charge is 2.15. The Bertz CT molecular complexity index is 793. The van der Waals surface area contributed by atoms with Gasteiger partial charge < -0.3 is 20.3 Å². The number of nitrogens with one attached hydrogen (secondary N) is 2. The number of anilines is 2. The van der Waals surface area contributed by atoms with E-state index in [0.29, 0.717) is 17.8 Å². The van der Waals surface area contributed by atoms with E-state index in [2.05, 4.69) is 26.6 Å². The molecule has 0 radical (unpaired) electrons. The second-order valence-electron chi connectivity index (χ2n) is 5.72. The smallest absolute Gasteiger partial charge is 0.319 e. The molecule has 0 unspecified atom stereocenters. The van der Waals surface area contributed by atoms with Gasteiger partial charge in [0.15, 0.2) is 5.13 Å². The first-order chi connectivity index (χ1) is 12.1. The predicted molar refractivity (Wildman–Crippen MR) is 96.9 cm³/mol. The molecule has 8 heteroatoms. The van der Waals surface area contributed by atoms with Crippen molar-refractivity contribution in [2.45, 2.75) is 13.5 Å². The van der Waals surface area contributed by atoms with Crippen LogP contribution in [0.3, 0.4) is 0 Å². The first kappa shape index (κ1) is 17.2. The fourth-order valence-corrected chi connectivity index (χ4v) is 3.44. The number of aryl methyl sites for hydroxylation is 1. The minimum atomic E-state index is -0.309. The molecule has 1 aromatic heterocycles. The van der Waals surface area contributed by atoms with Crippen LogP contribution < -0.4 is 15.5 Å². The molecule has 0 bridgehead atoms. The summed E-state index contributed by atoms with van der Waals surface area (Å²) in [4.78, 5) is 19.6. The number of urea groups is 1. The summed E-state index contributed by atoms with van der Waals surface area (Å²) in [7, 11) is 0. The Kier molecular flexibility index (Phi) is 5.48. The van der Waals surface area contributed by atoms with E-state index < -0.39 is 0 Å². The number of morpholine rings is 1. The normalized spacial score (nSPS) is 14.0. The van der Waals surface area contributed by atoms with Crippen LogP contribution in [0.5, 0.6) is 0 Å². The SMILES string of the molecule is Cc1cc(C#N)cc(NC(=O)NCc2cnc(N3CCOCC3)s2)c1. The Balaban J connectivity index is 1.53. The van der Waals surface area contributed by atoms with Crippen molar-refractivity contribution in [3.05, 3.63) is 40.4 Å². The van der Waals surface area contributed by atoms with Crippen LogP contribution in [0.1, 0.15) is 16.0 Å². The summed E-state index contributed by atoms with van der Waals surface area (Å²) in [5, 5.41) is 15.5. The van der Waals surface area contributed by atoms with Crippen molar-refractivity contribution in [3.8, 4) is 6.07 Å². The number of nitrogens with zero attached hydrogens (tertiary/aromatic N) is 3. The molecule has 1 aromatic carbocycles. The van der Waals surface area contributed by atoms with Gasteiger partial charge in [-0.2, -0.15) is 5.26 Å². The van der Waals surface area contributed by atoms with E-state index in [-0.39, 0.29) is 6.03 Å². The number of carbonyl (C=O) groups is 1. The average molecular weight is 357 g/mol. The quantitative estimate of drug-likeness (QED) is 0.877. The lowest BCUT2D eigenvalue weighted by atomic mass is 10.1. The van der Waals surface area contributed by atoms with Crippen molar-refractivity contribution in [2.75, 3.05) is 36.5 Å². The summed E-state index contributed by atoms with van der Waals surface area (Å²) in [5.74, 6) is 0. The van der Waals surface area contributed by atoms with Gasteiger partial charge in [0.25, 0.3) is 0 Å². The topological polar surface area (TPSA) is 90.3 Å². The molecule has 1 aliphatic rings. The van der Waals surface area contributed by atoms with E-state index in [4.69, 9.17) is 10.00 Å². The Labute approximate surface area is 150 Å². The highest BCUT2D eigenvalue weighted by molar-refractivity contribution is 7.15. The second-order valence-corrected chi connectivity index (χ2v) is 6.81. The van der Waals surface area contributed by atoms with Gasteiger partial charge in [0, 0.05) is 29.9 Å². The first-order valence-electron chi connectivity index (χ1n) is 7.98. The lowest BCUT2D eigenvalue weighted by molar-refractivity contribution is 0.122. The molecule has 0 spiro atoms. The molecule has 2 amide bonds. The summed E-state index contributed by atoms with van der Waals surface area (Å²) in [6, 6.07) is 7.01. The van der Waals surface area contributed by atoms with Gasteiger partial charge in [0.05, 0.1) is 31.4 Å². The van der Waals surface area contributed by atoms with Gasteiger partial charge in [0.1, 0.15) is 0 Å². The number of nitriles is 1. The lowest BCUT2D eigenvalue weighted by Gasteiger charge is -2.25. The average Bonchev–Trinajstić information content (AvgIpc) is 3.09. The third-order valence-electron chi connectivity index (χ3n) is 3.71. The molecule has 0 saturated carbocycles. The molecule has 1 saturated heterocycles. The molecule has 7 nitrogen and oxygen atoms in total. The van der Waals surface area contributed by atoms with Gasteiger partial charge in [-0.1, -0.05) is 0 Å². The molecule has 2 heterocycles. The van der Waals surface area contributed by atoms with Crippen LogP contribution in [0.25, 0.3) is 0 Å². The number of carbonyl (C=O) groups excluding carboxylic acids is 1. The van der Waals surface area contributed by atoms with Crippen molar-refractivity contribution in [2.24, 2.45) is 0 Å². The van der Waals surface area contributed by atoms with Gasteiger partial charge in [-0.25, -0.2) is 9.78 Å². The van der Waals surface area contributed by atoms with Gasteiger partial charge in [-0.15, -0.1) is 11.3 Å². The minimum absolute atomic E-state index is 0.309. The van der Waals surface area contributed by atoms with E-state index in [9.17, 15) is 4.79 Å². The van der Waals surface area contributed by atoms with Crippen LogP contribution in [0, 0.1) is 18.3 Å². The summed E-state index contributed by atoms with van der Waals surface area (Å²) in [6.45, 7) is 5.41. The maximum Gasteiger partial charge on any atom is 0.319 e. The molecule has 2 aromatic rings. The third kappa shape index (κ3) is 4.68. The fraction of sp³-hybridized carbons (Fsp3) is 0.353. The Morgan fingerprint density at radius 1 is 1.40 bits per heavy atom.